The van der Waals surface area contributed by atoms with E-state index < -0.39 is 24.3 Å². The molecule has 1 aliphatic heterocycles. The first kappa shape index (κ1) is 25.5. The fourth-order valence-electron chi connectivity index (χ4n) is 3.12. The number of carbonyl (C=O) groups excluding carboxylic acids is 1. The average molecular weight is 474 g/mol. The number of ether oxygens (including phenoxy) is 1. The normalized spacial score (nSPS) is 15.3. The van der Waals surface area contributed by atoms with Gasteiger partial charge in [0.25, 0.3) is 5.17 Å². The van der Waals surface area contributed by atoms with Crippen molar-refractivity contribution in [1.82, 2.24) is 10.2 Å². The summed E-state index contributed by atoms with van der Waals surface area (Å²) < 4.78 is 34.2. The zero-order valence-corrected chi connectivity index (χ0v) is 18.4. The molecule has 0 aromatic heterocycles. The van der Waals surface area contributed by atoms with Crippen LogP contribution in [-0.2, 0) is 9.53 Å². The number of quaternary nitrogens is 1. The lowest BCUT2D eigenvalue weighted by molar-refractivity contribution is -0.497. The molecule has 1 aliphatic rings. The summed E-state index contributed by atoms with van der Waals surface area (Å²) in [7, 11) is 1.40. The minimum absolute atomic E-state index is 0.119. The van der Waals surface area contributed by atoms with Gasteiger partial charge in [-0.3, -0.25) is 10.1 Å². The number of halogens is 2. The Labute approximate surface area is 189 Å². The molecule has 1 fully saturated rings. The second-order valence-electron chi connectivity index (χ2n) is 7.02. The first-order valence-corrected chi connectivity index (χ1v) is 10.2. The fraction of sp³-hybridized carbons (Fsp3) is 0.474. The maximum atomic E-state index is 14.7. The van der Waals surface area contributed by atoms with E-state index in [-0.39, 0.29) is 67.3 Å². The molecule has 0 radical (unpaired) electrons. The Hall–Kier alpha value is -2.74. The zero-order valence-electron chi connectivity index (χ0n) is 17.6. The van der Waals surface area contributed by atoms with E-state index in [9.17, 15) is 18.7 Å². The molecule has 1 heterocycles. The first-order chi connectivity index (χ1) is 15.3. The summed E-state index contributed by atoms with van der Waals surface area (Å²) in [5, 5.41) is 25.9. The highest BCUT2D eigenvalue weighted by atomic mass is 32.1. The molecule has 0 unspecified atom stereocenters. The van der Waals surface area contributed by atoms with Gasteiger partial charge in [-0.1, -0.05) is 0 Å². The lowest BCUT2D eigenvalue weighted by atomic mass is 10.2. The van der Waals surface area contributed by atoms with Gasteiger partial charge in [-0.05, 0) is 12.2 Å². The van der Waals surface area contributed by atoms with Gasteiger partial charge in [0.1, 0.15) is 23.3 Å². The van der Waals surface area contributed by atoms with Crippen LogP contribution in [0.5, 0.6) is 0 Å². The summed E-state index contributed by atoms with van der Waals surface area (Å²) in [4.78, 5) is 15.1. The van der Waals surface area contributed by atoms with Crippen LogP contribution in [0.1, 0.15) is 6.42 Å². The number of hydrogen-bond acceptors (Lipinski definition) is 8. The van der Waals surface area contributed by atoms with Crippen molar-refractivity contribution < 1.29 is 33.8 Å². The number of aliphatic hydroxyl groups is 2. The molecule has 1 atom stereocenters. The number of thiocarbonyl (C=S) groups is 1. The van der Waals surface area contributed by atoms with E-state index in [4.69, 9.17) is 27.6 Å². The molecule has 32 heavy (non-hydrogen) atoms. The summed E-state index contributed by atoms with van der Waals surface area (Å²) in [6, 6.07) is 2.36. The zero-order chi connectivity index (χ0) is 23.7. The highest BCUT2D eigenvalue weighted by molar-refractivity contribution is 7.80. The van der Waals surface area contributed by atoms with E-state index in [2.05, 4.69) is 10.4 Å². The van der Waals surface area contributed by atoms with Crippen LogP contribution in [0.2, 0.25) is 0 Å². The third-order valence-corrected chi connectivity index (χ3v) is 5.13. The van der Waals surface area contributed by atoms with Crippen molar-refractivity contribution in [3.8, 4) is 0 Å². The lowest BCUT2D eigenvalue weighted by Crippen LogP contribution is -2.71. The second kappa shape index (κ2) is 12.3. The maximum Gasteiger partial charge on any atom is 0.256 e. The number of anilines is 1. The Morgan fingerprint density at radius 1 is 1.38 bits per heavy atom. The van der Waals surface area contributed by atoms with Crippen LogP contribution in [0.25, 0.3) is 0 Å². The van der Waals surface area contributed by atoms with Gasteiger partial charge in [0.15, 0.2) is 11.6 Å². The molecular formula is C19H27F2N6O4S+. The average Bonchev–Trinajstić information content (AvgIpc) is 2.78. The lowest BCUT2D eigenvalue weighted by Gasteiger charge is -2.36. The van der Waals surface area contributed by atoms with Gasteiger partial charge in [0, 0.05) is 38.3 Å². The summed E-state index contributed by atoms with van der Waals surface area (Å²) in [6.07, 6.45) is 0.123. The fourth-order valence-corrected chi connectivity index (χ4v) is 3.19. The molecule has 1 amide bonds. The van der Waals surface area contributed by atoms with Crippen molar-refractivity contribution in [1.29, 1.82) is 5.53 Å². The number of hydrogen-bond donors (Lipinski definition) is 5. The Morgan fingerprint density at radius 2 is 2.00 bits per heavy atom. The highest BCUT2D eigenvalue weighted by Gasteiger charge is 2.26. The Balaban J connectivity index is 2.01. The predicted octanol–water partition coefficient (Wildman–Crippen LogP) is -0.0551. The van der Waals surface area contributed by atoms with Crippen molar-refractivity contribution in [2.24, 2.45) is 5.11 Å². The number of amides is 1. The largest absolute Gasteiger partial charge is 0.474 e. The van der Waals surface area contributed by atoms with E-state index in [1.807, 2.05) is 0 Å². The Morgan fingerprint density at radius 3 is 2.53 bits per heavy atom. The first-order valence-electron chi connectivity index (χ1n) is 9.82. The molecule has 0 saturated carbocycles. The van der Waals surface area contributed by atoms with Gasteiger partial charge in [-0.25, -0.2) is 14.3 Å². The van der Waals surface area contributed by atoms with E-state index >= 15 is 0 Å². The molecule has 0 bridgehead atoms. The Kier molecular flexibility index (Phi) is 9.84. The van der Waals surface area contributed by atoms with E-state index in [1.54, 1.807) is 0 Å². The minimum atomic E-state index is -1.12. The molecule has 13 heteroatoms. The topological polar surface area (TPSA) is 138 Å². The number of benzene rings is 1. The third-order valence-electron chi connectivity index (χ3n) is 4.82. The number of aliphatic hydroxyl groups excluding tert-OH is 2. The number of carbonyl (C=O) groups is 1. The van der Waals surface area contributed by atoms with Crippen LogP contribution < -0.4 is 15.5 Å². The van der Waals surface area contributed by atoms with Crippen LogP contribution in [0, 0.1) is 17.2 Å². The number of nitrogens with two attached hydrogens (primary N) is 1. The third kappa shape index (κ3) is 7.15. The summed E-state index contributed by atoms with van der Waals surface area (Å²) in [6.45, 7) is 0.562. The van der Waals surface area contributed by atoms with Crippen molar-refractivity contribution in [2.75, 3.05) is 51.3 Å². The number of rotatable bonds is 9. The molecule has 1 saturated heterocycles. The molecule has 0 spiro atoms. The van der Waals surface area contributed by atoms with Crippen LogP contribution in [0.3, 0.4) is 0 Å². The number of nitrogens with one attached hydrogen (secondary N) is 2. The SMILES string of the molecule is COC(=S)NC/C(=C/[NH2+]c1cc(F)c(N2CCN(C(=O)C[C@H](O)CO)CC2)c(F)c1)N=N. The smallest absolute Gasteiger partial charge is 0.256 e. The molecule has 1 aromatic carbocycles. The standard InChI is InChI=1S/C19H26F2N6O4S/c1-31-19(32)24-10-13(25-22)9-23-12-6-15(20)18(16(21)7-12)27-4-2-26(3-5-27)17(30)8-14(29)11-28/h6-7,9,14,22-23,28-29H,2-5,8,10-11H2,1H3,(H,24,32)/p+1/b13-9-,25-22?/t14-/m0/s1. The number of piperazine rings is 1. The Bertz CT molecular complexity index is 841. The van der Waals surface area contributed by atoms with Gasteiger partial charge >= 0.3 is 0 Å². The quantitative estimate of drug-likeness (QED) is 0.193. The van der Waals surface area contributed by atoms with Gasteiger partial charge in [0.05, 0.1) is 32.8 Å². The van der Waals surface area contributed by atoms with Crippen molar-refractivity contribution in [3.05, 3.63) is 35.7 Å². The van der Waals surface area contributed by atoms with Gasteiger partial charge in [-0.15, -0.1) is 0 Å². The van der Waals surface area contributed by atoms with E-state index in [0.717, 1.165) is 0 Å². The summed E-state index contributed by atoms with van der Waals surface area (Å²) in [5.74, 6) is -1.81. The van der Waals surface area contributed by atoms with Crippen LogP contribution in [0.15, 0.2) is 29.1 Å². The highest BCUT2D eigenvalue weighted by Crippen LogP contribution is 2.26. The van der Waals surface area contributed by atoms with Gasteiger partial charge in [-0.2, -0.15) is 5.11 Å². The predicted molar refractivity (Wildman–Crippen MR) is 115 cm³/mol. The van der Waals surface area contributed by atoms with Crippen LogP contribution in [-0.4, -0.2) is 78.7 Å². The minimum Gasteiger partial charge on any atom is -0.474 e. The summed E-state index contributed by atoms with van der Waals surface area (Å²) >= 11 is 4.83. The van der Waals surface area contributed by atoms with Crippen molar-refractivity contribution >= 4 is 34.7 Å². The summed E-state index contributed by atoms with van der Waals surface area (Å²) in [5.41, 5.74) is 7.54. The maximum absolute atomic E-state index is 14.7. The number of nitrogens with zero attached hydrogens (tertiary/aromatic N) is 3. The van der Waals surface area contributed by atoms with E-state index in [0.29, 0.717) is 0 Å². The molecule has 0 aliphatic carbocycles. The van der Waals surface area contributed by atoms with Crippen LogP contribution in [0.4, 0.5) is 20.2 Å². The van der Waals surface area contributed by atoms with Gasteiger partial charge in [0.2, 0.25) is 5.91 Å². The molecular weight excluding hydrogens is 446 g/mol. The van der Waals surface area contributed by atoms with E-state index in [1.165, 1.54) is 40.6 Å². The molecule has 1 aromatic rings. The molecule has 2 rings (SSSR count). The number of methoxy groups -OCH3 is 1. The molecule has 176 valence electrons. The second-order valence-corrected chi connectivity index (χ2v) is 7.39. The van der Waals surface area contributed by atoms with Crippen molar-refractivity contribution in [2.45, 2.75) is 12.5 Å². The van der Waals surface area contributed by atoms with Gasteiger partial charge < -0.3 is 30.1 Å². The monoisotopic (exact) mass is 473 g/mol. The van der Waals surface area contributed by atoms with Crippen LogP contribution >= 0.6 is 12.2 Å². The van der Waals surface area contributed by atoms with Crippen molar-refractivity contribution in [3.63, 3.8) is 0 Å². The molecule has 6 N–H and O–H groups in total. The molecule has 10 nitrogen and oxygen atoms in total.